The molecule has 0 atom stereocenters. The summed E-state index contributed by atoms with van der Waals surface area (Å²) in [5, 5.41) is 3.84. The molecule has 18 heavy (non-hydrogen) atoms. The molecular weight excluding hydrogens is 232 g/mol. The second-order valence-electron chi connectivity index (χ2n) is 4.18. The van der Waals surface area contributed by atoms with Gasteiger partial charge < -0.3 is 9.26 Å². The van der Waals surface area contributed by atoms with Gasteiger partial charge in [0.15, 0.2) is 12.4 Å². The van der Waals surface area contributed by atoms with E-state index in [-0.39, 0.29) is 12.5 Å². The number of hydrogen-bond donors (Lipinski definition) is 0. The Morgan fingerprint density at radius 3 is 2.94 bits per heavy atom. The Morgan fingerprint density at radius 2 is 2.28 bits per heavy atom. The highest BCUT2D eigenvalue weighted by atomic mass is 16.5. The predicted octanol–water partition coefficient (Wildman–Crippen LogP) is 2.58. The molecule has 5 nitrogen and oxygen atoms in total. The van der Waals surface area contributed by atoms with Gasteiger partial charge in [0.2, 0.25) is 0 Å². The van der Waals surface area contributed by atoms with Crippen molar-refractivity contribution in [3.05, 3.63) is 41.5 Å². The number of carbonyl (C=O) groups is 1. The molecule has 5 heteroatoms. The van der Waals surface area contributed by atoms with Gasteiger partial charge in [-0.1, -0.05) is 31.1 Å². The fourth-order valence-electron chi connectivity index (χ4n) is 1.38. The van der Waals surface area contributed by atoms with E-state index < -0.39 is 0 Å². The molecule has 2 aromatic rings. The van der Waals surface area contributed by atoms with Gasteiger partial charge in [0.05, 0.1) is 0 Å². The molecule has 0 aliphatic heterocycles. The van der Waals surface area contributed by atoms with Crippen molar-refractivity contribution in [2.24, 2.45) is 0 Å². The number of rotatable bonds is 5. The number of aromatic nitrogens is 2. The van der Waals surface area contributed by atoms with Crippen molar-refractivity contribution in [2.75, 3.05) is 0 Å². The first kappa shape index (κ1) is 12.3. The first-order valence-electron chi connectivity index (χ1n) is 5.69. The first-order valence-corrected chi connectivity index (χ1v) is 5.69. The summed E-state index contributed by atoms with van der Waals surface area (Å²) in [5.41, 5.74) is 0.570. The van der Waals surface area contributed by atoms with Gasteiger partial charge in [-0.15, -0.1) is 0 Å². The molecule has 1 heterocycles. The average molecular weight is 246 g/mol. The standard InChI is InChI=1S/C13H14N2O3/c1-9(2)13-14-12(18-15-13)8-17-11-5-3-4-10(6-11)7-16/h3-7,9H,8H2,1-2H3. The van der Waals surface area contributed by atoms with Gasteiger partial charge in [0.25, 0.3) is 5.89 Å². The molecule has 0 fully saturated rings. The number of hydrogen-bond acceptors (Lipinski definition) is 5. The van der Waals surface area contributed by atoms with Crippen LogP contribution in [0.3, 0.4) is 0 Å². The van der Waals surface area contributed by atoms with Gasteiger partial charge in [-0.3, -0.25) is 4.79 Å². The third kappa shape index (κ3) is 2.94. The van der Waals surface area contributed by atoms with Crippen LogP contribution in [-0.4, -0.2) is 16.4 Å². The zero-order valence-corrected chi connectivity index (χ0v) is 10.3. The van der Waals surface area contributed by atoms with Crippen LogP contribution >= 0.6 is 0 Å². The molecule has 0 radical (unpaired) electrons. The Bertz CT molecular complexity index is 535. The van der Waals surface area contributed by atoms with Crippen LogP contribution in [0.15, 0.2) is 28.8 Å². The molecule has 94 valence electrons. The summed E-state index contributed by atoms with van der Waals surface area (Å²) in [7, 11) is 0. The molecule has 0 saturated carbocycles. The van der Waals surface area contributed by atoms with Crippen molar-refractivity contribution in [3.63, 3.8) is 0 Å². The summed E-state index contributed by atoms with van der Waals surface area (Å²) in [6.07, 6.45) is 0.774. The molecule has 0 bridgehead atoms. The van der Waals surface area contributed by atoms with Crippen LogP contribution in [0.5, 0.6) is 5.75 Å². The predicted molar refractivity (Wildman–Crippen MR) is 64.5 cm³/mol. The zero-order chi connectivity index (χ0) is 13.0. The highest BCUT2D eigenvalue weighted by molar-refractivity contribution is 5.75. The van der Waals surface area contributed by atoms with Crippen LogP contribution in [0.25, 0.3) is 0 Å². The second kappa shape index (κ2) is 5.44. The van der Waals surface area contributed by atoms with Crippen LogP contribution in [0, 0.1) is 0 Å². The molecule has 2 rings (SSSR count). The minimum atomic E-state index is 0.196. The lowest BCUT2D eigenvalue weighted by atomic mass is 10.2. The monoisotopic (exact) mass is 246 g/mol. The Labute approximate surface area is 105 Å². The minimum absolute atomic E-state index is 0.196. The maximum Gasteiger partial charge on any atom is 0.264 e. The van der Waals surface area contributed by atoms with E-state index in [4.69, 9.17) is 9.26 Å². The van der Waals surface area contributed by atoms with Crippen molar-refractivity contribution in [1.29, 1.82) is 0 Å². The molecule has 1 aromatic heterocycles. The topological polar surface area (TPSA) is 65.2 Å². The first-order chi connectivity index (χ1) is 8.69. The number of benzene rings is 1. The van der Waals surface area contributed by atoms with Gasteiger partial charge in [0.1, 0.15) is 12.0 Å². The number of ether oxygens (including phenoxy) is 1. The summed E-state index contributed by atoms with van der Waals surface area (Å²) < 4.78 is 10.5. The summed E-state index contributed by atoms with van der Waals surface area (Å²) in [4.78, 5) is 14.8. The average Bonchev–Trinajstić information content (AvgIpc) is 2.85. The summed E-state index contributed by atoms with van der Waals surface area (Å²) in [5.74, 6) is 1.91. The maximum atomic E-state index is 10.6. The normalized spacial score (nSPS) is 10.6. The van der Waals surface area contributed by atoms with Crippen molar-refractivity contribution < 1.29 is 14.1 Å². The van der Waals surface area contributed by atoms with Gasteiger partial charge in [-0.2, -0.15) is 4.98 Å². The lowest BCUT2D eigenvalue weighted by Gasteiger charge is -2.02. The Kier molecular flexibility index (Phi) is 3.72. The van der Waals surface area contributed by atoms with E-state index in [9.17, 15) is 4.79 Å². The van der Waals surface area contributed by atoms with E-state index in [1.807, 2.05) is 13.8 Å². The second-order valence-corrected chi connectivity index (χ2v) is 4.18. The molecule has 0 amide bonds. The molecule has 0 unspecified atom stereocenters. The van der Waals surface area contributed by atoms with Crippen LogP contribution in [0.4, 0.5) is 0 Å². The lowest BCUT2D eigenvalue weighted by molar-refractivity contribution is 0.112. The lowest BCUT2D eigenvalue weighted by Crippen LogP contribution is -1.97. The fraction of sp³-hybridized carbons (Fsp3) is 0.308. The van der Waals surface area contributed by atoms with E-state index >= 15 is 0 Å². The van der Waals surface area contributed by atoms with Crippen molar-refractivity contribution >= 4 is 6.29 Å². The summed E-state index contributed by atoms with van der Waals surface area (Å²) >= 11 is 0. The van der Waals surface area contributed by atoms with Crippen molar-refractivity contribution in [3.8, 4) is 5.75 Å². The molecular formula is C13H14N2O3. The molecule has 0 N–H and O–H groups in total. The fourth-order valence-corrected chi connectivity index (χ4v) is 1.38. The molecule has 0 aliphatic carbocycles. The van der Waals surface area contributed by atoms with E-state index in [0.29, 0.717) is 23.0 Å². The third-order valence-electron chi connectivity index (χ3n) is 2.36. The van der Waals surface area contributed by atoms with Gasteiger partial charge in [-0.05, 0) is 12.1 Å². The van der Waals surface area contributed by atoms with Gasteiger partial charge >= 0.3 is 0 Å². The van der Waals surface area contributed by atoms with Gasteiger partial charge in [-0.25, -0.2) is 0 Å². The van der Waals surface area contributed by atoms with E-state index in [2.05, 4.69) is 10.1 Å². The zero-order valence-electron chi connectivity index (χ0n) is 10.3. The molecule has 0 spiro atoms. The largest absolute Gasteiger partial charge is 0.484 e. The smallest absolute Gasteiger partial charge is 0.264 e. The highest BCUT2D eigenvalue weighted by Crippen LogP contribution is 2.15. The summed E-state index contributed by atoms with van der Waals surface area (Å²) in [6.45, 7) is 4.17. The Morgan fingerprint density at radius 1 is 1.44 bits per heavy atom. The Balaban J connectivity index is 1.99. The number of nitrogens with zero attached hydrogens (tertiary/aromatic N) is 2. The van der Waals surface area contributed by atoms with Crippen molar-refractivity contribution in [2.45, 2.75) is 26.4 Å². The quantitative estimate of drug-likeness (QED) is 0.758. The van der Waals surface area contributed by atoms with Gasteiger partial charge in [0, 0.05) is 11.5 Å². The van der Waals surface area contributed by atoms with Crippen LogP contribution < -0.4 is 4.74 Å². The maximum absolute atomic E-state index is 10.6. The van der Waals surface area contributed by atoms with E-state index in [0.717, 1.165) is 6.29 Å². The SMILES string of the molecule is CC(C)c1noc(COc2cccc(C=O)c2)n1. The van der Waals surface area contributed by atoms with E-state index in [1.165, 1.54) is 0 Å². The summed E-state index contributed by atoms with van der Waals surface area (Å²) in [6, 6.07) is 6.90. The van der Waals surface area contributed by atoms with Crippen LogP contribution in [0.2, 0.25) is 0 Å². The van der Waals surface area contributed by atoms with Crippen LogP contribution in [-0.2, 0) is 6.61 Å². The van der Waals surface area contributed by atoms with E-state index in [1.54, 1.807) is 24.3 Å². The molecule has 0 saturated heterocycles. The number of carbonyl (C=O) groups excluding carboxylic acids is 1. The van der Waals surface area contributed by atoms with Crippen LogP contribution in [0.1, 0.15) is 41.8 Å². The molecule has 1 aromatic carbocycles. The Hall–Kier alpha value is -2.17. The molecule has 0 aliphatic rings. The number of aldehydes is 1. The minimum Gasteiger partial charge on any atom is -0.484 e. The highest BCUT2D eigenvalue weighted by Gasteiger charge is 2.09. The third-order valence-corrected chi connectivity index (χ3v) is 2.36. The van der Waals surface area contributed by atoms with Crippen molar-refractivity contribution in [1.82, 2.24) is 10.1 Å².